The zero-order valence-electron chi connectivity index (χ0n) is 17.9. The Morgan fingerprint density at radius 3 is 1.43 bits per heavy atom. The van der Waals surface area contributed by atoms with E-state index >= 15 is 0 Å². The van der Waals surface area contributed by atoms with Crippen LogP contribution in [0, 0.1) is 11.8 Å². The molecule has 0 N–H and O–H groups in total. The number of hydrogen-bond donors (Lipinski definition) is 0. The molecule has 0 radical (unpaired) electrons. The molecule has 0 spiro atoms. The number of rotatable bonds is 0. The molecule has 0 aromatic heterocycles. The molecule has 0 aliphatic heterocycles. The van der Waals surface area contributed by atoms with Crippen molar-refractivity contribution in [2.24, 2.45) is 11.8 Å². The van der Waals surface area contributed by atoms with Gasteiger partial charge >= 0.3 is 0 Å². The van der Waals surface area contributed by atoms with Crippen LogP contribution in [0.1, 0.15) is 48.9 Å². The van der Waals surface area contributed by atoms with E-state index in [0.717, 1.165) is 0 Å². The third-order valence-electron chi connectivity index (χ3n) is 7.54. The summed E-state index contributed by atoms with van der Waals surface area (Å²) in [4.78, 5) is 0. The number of hydrogen-bond acceptors (Lipinski definition) is 0. The summed E-state index contributed by atoms with van der Waals surface area (Å²) in [6.45, 7) is 4.92. The lowest BCUT2D eigenvalue weighted by molar-refractivity contribution is 0.617. The molecule has 0 heterocycles. The van der Waals surface area contributed by atoms with Gasteiger partial charge in [-0.25, -0.2) is 0 Å². The van der Waals surface area contributed by atoms with Crippen LogP contribution >= 0.6 is 0 Å². The van der Waals surface area contributed by atoms with E-state index in [0.29, 0.717) is 11.8 Å². The molecule has 2 aliphatic carbocycles. The summed E-state index contributed by atoms with van der Waals surface area (Å²) < 4.78 is 0. The molecule has 0 amide bonds. The predicted molar refractivity (Wildman–Crippen MR) is 130 cm³/mol. The van der Waals surface area contributed by atoms with Crippen LogP contribution in [0.25, 0.3) is 32.7 Å². The van der Waals surface area contributed by atoms with Gasteiger partial charge in [-0.2, -0.15) is 0 Å². The molecule has 2 aliphatic rings. The standard InChI is InChI=1S/C30H28/c1-19-11-13-23-17-15-21-7-3-5-9-25(21)29(23)27(19)28-20(2)12-14-24-18-16-22-8-4-6-10-26(22)30(24)28/h3-10,15-20H,11-14H2,1-2H3/b28-27-/t19-,20-/m1/s1. The maximum absolute atomic E-state index is 2.46. The van der Waals surface area contributed by atoms with Gasteiger partial charge in [0.1, 0.15) is 0 Å². The van der Waals surface area contributed by atoms with Crippen LogP contribution in [-0.2, 0) is 12.8 Å². The summed E-state index contributed by atoms with van der Waals surface area (Å²) in [7, 11) is 0. The molecule has 0 fully saturated rings. The van der Waals surface area contributed by atoms with Gasteiger partial charge in [-0.3, -0.25) is 0 Å². The Balaban J connectivity index is 1.77. The van der Waals surface area contributed by atoms with Crippen molar-refractivity contribution in [1.29, 1.82) is 0 Å². The Morgan fingerprint density at radius 1 is 0.533 bits per heavy atom. The molecule has 0 nitrogen and oxygen atoms in total. The van der Waals surface area contributed by atoms with Gasteiger partial charge in [0, 0.05) is 0 Å². The van der Waals surface area contributed by atoms with Gasteiger partial charge in [0.25, 0.3) is 0 Å². The van der Waals surface area contributed by atoms with Gasteiger partial charge in [-0.1, -0.05) is 86.6 Å². The summed E-state index contributed by atoms with van der Waals surface area (Å²) >= 11 is 0. The smallest absolute Gasteiger partial charge is 0.0106 e. The summed E-state index contributed by atoms with van der Waals surface area (Å²) in [6.07, 6.45) is 4.87. The third-order valence-corrected chi connectivity index (χ3v) is 7.54. The molecule has 6 rings (SSSR count). The highest BCUT2D eigenvalue weighted by Gasteiger charge is 2.31. The van der Waals surface area contributed by atoms with E-state index in [2.05, 4.69) is 86.6 Å². The number of benzene rings is 4. The van der Waals surface area contributed by atoms with Gasteiger partial charge in [0.15, 0.2) is 0 Å². The van der Waals surface area contributed by atoms with Gasteiger partial charge in [-0.15, -0.1) is 0 Å². The maximum Gasteiger partial charge on any atom is -0.0106 e. The van der Waals surface area contributed by atoms with Gasteiger partial charge in [-0.05, 0) is 92.5 Å². The first-order chi connectivity index (χ1) is 14.7. The van der Waals surface area contributed by atoms with E-state index in [1.54, 1.807) is 11.1 Å². The lowest BCUT2D eigenvalue weighted by atomic mass is 9.69. The van der Waals surface area contributed by atoms with E-state index in [-0.39, 0.29) is 0 Å². The zero-order chi connectivity index (χ0) is 20.2. The van der Waals surface area contributed by atoms with Crippen LogP contribution in [0.4, 0.5) is 0 Å². The zero-order valence-corrected chi connectivity index (χ0v) is 17.9. The second-order valence-corrected chi connectivity index (χ2v) is 9.35. The van der Waals surface area contributed by atoms with Crippen molar-refractivity contribution in [2.75, 3.05) is 0 Å². The fraction of sp³-hybridized carbons (Fsp3) is 0.267. The molecule has 2 atom stereocenters. The Labute approximate surface area is 179 Å². The largest absolute Gasteiger partial charge is 0.0616 e. The van der Waals surface area contributed by atoms with Crippen LogP contribution in [-0.4, -0.2) is 0 Å². The normalized spacial score (nSPS) is 23.4. The molecule has 4 aromatic carbocycles. The van der Waals surface area contributed by atoms with Gasteiger partial charge < -0.3 is 0 Å². The van der Waals surface area contributed by atoms with E-state index in [1.165, 1.54) is 69.5 Å². The molecule has 0 saturated carbocycles. The fourth-order valence-corrected chi connectivity index (χ4v) is 6.01. The lowest BCUT2D eigenvalue weighted by Gasteiger charge is -2.35. The Hall–Kier alpha value is -2.86. The molecule has 0 bridgehead atoms. The Morgan fingerprint density at radius 2 is 0.967 bits per heavy atom. The second-order valence-electron chi connectivity index (χ2n) is 9.35. The van der Waals surface area contributed by atoms with E-state index < -0.39 is 0 Å². The molecule has 0 saturated heterocycles. The van der Waals surface area contributed by atoms with Crippen LogP contribution in [0.15, 0.2) is 72.8 Å². The van der Waals surface area contributed by atoms with Crippen LogP contribution in [0.3, 0.4) is 0 Å². The quantitative estimate of drug-likeness (QED) is 0.286. The fourth-order valence-electron chi connectivity index (χ4n) is 6.01. The first-order valence-corrected chi connectivity index (χ1v) is 11.5. The highest BCUT2D eigenvalue weighted by atomic mass is 14.4. The summed E-state index contributed by atoms with van der Waals surface area (Å²) in [5.41, 5.74) is 9.39. The first-order valence-electron chi connectivity index (χ1n) is 11.5. The highest BCUT2D eigenvalue weighted by Crippen LogP contribution is 2.50. The number of allylic oxidation sites excluding steroid dienone is 2. The number of aryl methyl sites for hydroxylation is 2. The lowest BCUT2D eigenvalue weighted by Crippen LogP contribution is -2.19. The monoisotopic (exact) mass is 388 g/mol. The summed E-state index contributed by atoms with van der Waals surface area (Å²) in [6, 6.07) is 27.4. The van der Waals surface area contributed by atoms with Gasteiger partial charge in [0.2, 0.25) is 0 Å². The van der Waals surface area contributed by atoms with Crippen molar-refractivity contribution >= 4 is 32.7 Å². The van der Waals surface area contributed by atoms with Crippen molar-refractivity contribution in [3.8, 4) is 0 Å². The van der Waals surface area contributed by atoms with Crippen molar-refractivity contribution in [3.05, 3.63) is 95.1 Å². The summed E-state index contributed by atoms with van der Waals surface area (Å²) in [5, 5.41) is 5.60. The van der Waals surface area contributed by atoms with E-state index in [4.69, 9.17) is 0 Å². The Bertz CT molecular complexity index is 1220. The minimum atomic E-state index is 0.589. The van der Waals surface area contributed by atoms with Crippen LogP contribution in [0.2, 0.25) is 0 Å². The van der Waals surface area contributed by atoms with E-state index in [1.807, 2.05) is 0 Å². The highest BCUT2D eigenvalue weighted by molar-refractivity contribution is 6.08. The predicted octanol–water partition coefficient (Wildman–Crippen LogP) is 8.07. The minimum Gasteiger partial charge on any atom is -0.0616 e. The molecule has 0 unspecified atom stereocenters. The average molecular weight is 389 g/mol. The van der Waals surface area contributed by atoms with Crippen LogP contribution < -0.4 is 0 Å². The number of fused-ring (bicyclic) bond motifs is 6. The van der Waals surface area contributed by atoms with Crippen LogP contribution in [0.5, 0.6) is 0 Å². The molecule has 148 valence electrons. The molecule has 30 heavy (non-hydrogen) atoms. The maximum atomic E-state index is 2.46. The third kappa shape index (κ3) is 2.59. The van der Waals surface area contributed by atoms with Crippen molar-refractivity contribution < 1.29 is 0 Å². The van der Waals surface area contributed by atoms with Crippen molar-refractivity contribution in [3.63, 3.8) is 0 Å². The molecule has 0 heteroatoms. The average Bonchev–Trinajstić information content (AvgIpc) is 2.79. The SMILES string of the molecule is C[C@@H]1CCc2ccc3ccccc3c2/C1=C1\c2c(ccc3ccccc23)CC[C@H]1C. The molecular formula is C30H28. The minimum absolute atomic E-state index is 0.589. The first kappa shape index (κ1) is 18.0. The topological polar surface area (TPSA) is 0 Å². The van der Waals surface area contributed by atoms with E-state index in [9.17, 15) is 0 Å². The molecular weight excluding hydrogens is 360 g/mol. The van der Waals surface area contributed by atoms with Crippen molar-refractivity contribution in [2.45, 2.75) is 39.5 Å². The second kappa shape index (κ2) is 6.84. The Kier molecular flexibility index (Phi) is 4.09. The summed E-state index contributed by atoms with van der Waals surface area (Å²) in [5.74, 6) is 1.18. The van der Waals surface area contributed by atoms with Gasteiger partial charge in [0.05, 0.1) is 0 Å². The van der Waals surface area contributed by atoms with Crippen molar-refractivity contribution in [1.82, 2.24) is 0 Å². The molecule has 4 aromatic rings.